The van der Waals surface area contributed by atoms with E-state index < -0.39 is 12.1 Å². The van der Waals surface area contributed by atoms with Gasteiger partial charge in [0.05, 0.1) is 13.2 Å². The van der Waals surface area contributed by atoms with Gasteiger partial charge in [-0.15, -0.1) is 0 Å². The Labute approximate surface area is 124 Å². The van der Waals surface area contributed by atoms with Gasteiger partial charge in [0.25, 0.3) is 0 Å². The highest BCUT2D eigenvalue weighted by Crippen LogP contribution is 2.01. The van der Waals surface area contributed by atoms with Gasteiger partial charge in [-0.25, -0.2) is 4.79 Å². The maximum absolute atomic E-state index is 11.5. The summed E-state index contributed by atoms with van der Waals surface area (Å²) in [5.74, 6) is -1.30. The lowest BCUT2D eigenvalue weighted by molar-refractivity contribution is -0.148. The Balaban J connectivity index is 2.07. The molecule has 0 radical (unpaired) electrons. The fraction of sp³-hybridized carbons (Fsp3) is 0.467. The molecule has 1 atom stereocenters. The van der Waals surface area contributed by atoms with Crippen LogP contribution >= 0.6 is 0 Å². The molecule has 0 bridgehead atoms. The molecule has 0 spiro atoms. The monoisotopic (exact) mass is 295 g/mol. The van der Waals surface area contributed by atoms with E-state index in [0.717, 1.165) is 5.56 Å². The van der Waals surface area contributed by atoms with Gasteiger partial charge in [0.2, 0.25) is 5.91 Å². The minimum absolute atomic E-state index is 0.0322. The molecule has 0 aliphatic carbocycles. The van der Waals surface area contributed by atoms with Gasteiger partial charge in [0.1, 0.15) is 0 Å². The van der Waals surface area contributed by atoms with E-state index in [1.807, 2.05) is 30.3 Å². The van der Waals surface area contributed by atoms with Crippen LogP contribution in [0, 0.1) is 0 Å². The Morgan fingerprint density at radius 3 is 2.62 bits per heavy atom. The molecule has 0 fully saturated rings. The van der Waals surface area contributed by atoms with Crippen LogP contribution in [0.2, 0.25) is 0 Å². The number of carboxylic acid groups (broad SMARTS) is 1. The number of nitrogens with one attached hydrogen (secondary N) is 1. The van der Waals surface area contributed by atoms with Crippen molar-refractivity contribution < 1.29 is 24.2 Å². The molecule has 0 heterocycles. The van der Waals surface area contributed by atoms with Gasteiger partial charge in [-0.3, -0.25) is 4.79 Å². The second kappa shape index (κ2) is 9.90. The standard InChI is InChI=1S/C15H21NO5/c1-20-13(15(18)19)10-16-14(17)8-5-9-21-11-12-6-3-2-4-7-12/h2-4,6-7,13H,5,8-11H2,1H3,(H,16,17)(H,18,19). The molecule has 1 aromatic rings. The van der Waals surface area contributed by atoms with Crippen molar-refractivity contribution in [2.45, 2.75) is 25.6 Å². The maximum Gasteiger partial charge on any atom is 0.334 e. The van der Waals surface area contributed by atoms with Crippen LogP contribution in [-0.4, -0.2) is 43.3 Å². The van der Waals surface area contributed by atoms with E-state index in [1.165, 1.54) is 7.11 Å². The lowest BCUT2D eigenvalue weighted by atomic mass is 10.2. The Kier molecular flexibility index (Phi) is 8.08. The van der Waals surface area contributed by atoms with Crippen molar-refractivity contribution in [3.63, 3.8) is 0 Å². The van der Waals surface area contributed by atoms with Crippen molar-refractivity contribution in [3.05, 3.63) is 35.9 Å². The minimum atomic E-state index is -1.09. The zero-order valence-corrected chi connectivity index (χ0v) is 12.1. The number of carbonyl (C=O) groups excluding carboxylic acids is 1. The van der Waals surface area contributed by atoms with Crippen LogP contribution in [0.25, 0.3) is 0 Å². The van der Waals surface area contributed by atoms with Crippen molar-refractivity contribution in [3.8, 4) is 0 Å². The predicted octanol–water partition coefficient (Wildman–Crippen LogP) is 1.20. The van der Waals surface area contributed by atoms with Crippen molar-refractivity contribution in [2.75, 3.05) is 20.3 Å². The van der Waals surface area contributed by atoms with Crippen LogP contribution < -0.4 is 5.32 Å². The van der Waals surface area contributed by atoms with E-state index in [0.29, 0.717) is 26.1 Å². The van der Waals surface area contributed by atoms with Crippen molar-refractivity contribution in [2.24, 2.45) is 0 Å². The molecule has 0 aliphatic heterocycles. The van der Waals surface area contributed by atoms with Gasteiger partial charge in [-0.2, -0.15) is 0 Å². The smallest absolute Gasteiger partial charge is 0.334 e. The second-order valence-electron chi connectivity index (χ2n) is 4.51. The summed E-state index contributed by atoms with van der Waals surface area (Å²) < 4.78 is 10.2. The molecule has 6 nitrogen and oxygen atoms in total. The van der Waals surface area contributed by atoms with Gasteiger partial charge in [-0.05, 0) is 12.0 Å². The molecule has 21 heavy (non-hydrogen) atoms. The number of amides is 1. The molecular weight excluding hydrogens is 274 g/mol. The average molecular weight is 295 g/mol. The first kappa shape index (κ1) is 17.1. The Hall–Kier alpha value is -1.92. The third kappa shape index (κ3) is 7.43. The van der Waals surface area contributed by atoms with Crippen LogP contribution in [0.5, 0.6) is 0 Å². The zero-order chi connectivity index (χ0) is 15.5. The van der Waals surface area contributed by atoms with Crippen LogP contribution in [0.1, 0.15) is 18.4 Å². The third-order valence-electron chi connectivity index (χ3n) is 2.85. The van der Waals surface area contributed by atoms with Gasteiger partial charge in [-0.1, -0.05) is 30.3 Å². The minimum Gasteiger partial charge on any atom is -0.479 e. The van der Waals surface area contributed by atoms with E-state index in [2.05, 4.69) is 5.32 Å². The summed E-state index contributed by atoms with van der Waals surface area (Å²) in [5, 5.41) is 11.3. The van der Waals surface area contributed by atoms with Crippen molar-refractivity contribution >= 4 is 11.9 Å². The van der Waals surface area contributed by atoms with Crippen molar-refractivity contribution in [1.29, 1.82) is 0 Å². The van der Waals surface area contributed by atoms with Gasteiger partial charge in [0.15, 0.2) is 6.10 Å². The first-order valence-electron chi connectivity index (χ1n) is 6.77. The Morgan fingerprint density at radius 2 is 2.00 bits per heavy atom. The molecule has 0 saturated heterocycles. The highest BCUT2D eigenvalue weighted by molar-refractivity contribution is 5.78. The highest BCUT2D eigenvalue weighted by Gasteiger charge is 2.16. The molecule has 116 valence electrons. The first-order valence-corrected chi connectivity index (χ1v) is 6.77. The van der Waals surface area contributed by atoms with Gasteiger partial charge in [0, 0.05) is 20.1 Å². The second-order valence-corrected chi connectivity index (χ2v) is 4.51. The summed E-state index contributed by atoms with van der Waals surface area (Å²) >= 11 is 0. The van der Waals surface area contributed by atoms with E-state index in [4.69, 9.17) is 14.6 Å². The molecule has 0 aliphatic rings. The summed E-state index contributed by atoms with van der Waals surface area (Å²) in [7, 11) is 1.29. The number of benzene rings is 1. The van der Waals surface area contributed by atoms with Crippen LogP contribution in [-0.2, 0) is 25.7 Å². The largest absolute Gasteiger partial charge is 0.479 e. The topological polar surface area (TPSA) is 84.9 Å². The third-order valence-corrected chi connectivity index (χ3v) is 2.85. The van der Waals surface area contributed by atoms with Gasteiger partial charge >= 0.3 is 5.97 Å². The molecular formula is C15H21NO5. The highest BCUT2D eigenvalue weighted by atomic mass is 16.5. The van der Waals surface area contributed by atoms with E-state index in [1.54, 1.807) is 0 Å². The number of hydrogen-bond acceptors (Lipinski definition) is 4. The Morgan fingerprint density at radius 1 is 1.29 bits per heavy atom. The molecule has 6 heteroatoms. The fourth-order valence-electron chi connectivity index (χ4n) is 1.67. The number of hydrogen-bond donors (Lipinski definition) is 2. The average Bonchev–Trinajstić information content (AvgIpc) is 2.48. The van der Waals surface area contributed by atoms with Crippen LogP contribution in [0.15, 0.2) is 30.3 Å². The lowest BCUT2D eigenvalue weighted by Crippen LogP contribution is -2.37. The van der Waals surface area contributed by atoms with Gasteiger partial charge < -0.3 is 19.9 Å². The summed E-state index contributed by atoms with van der Waals surface area (Å²) in [6.45, 7) is 0.970. The van der Waals surface area contributed by atoms with Crippen LogP contribution in [0.3, 0.4) is 0 Å². The molecule has 0 saturated carbocycles. The number of carboxylic acids is 1. The lowest BCUT2D eigenvalue weighted by Gasteiger charge is -2.11. The first-order chi connectivity index (χ1) is 10.1. The number of ether oxygens (including phenoxy) is 2. The molecule has 0 aromatic heterocycles. The molecule has 2 N–H and O–H groups in total. The number of aliphatic carboxylic acids is 1. The predicted molar refractivity (Wildman–Crippen MR) is 76.8 cm³/mol. The molecule has 1 unspecified atom stereocenters. The summed E-state index contributed by atoms with van der Waals surface area (Å²) in [5.41, 5.74) is 1.09. The molecule has 1 aromatic carbocycles. The quantitative estimate of drug-likeness (QED) is 0.634. The molecule has 1 rings (SSSR count). The molecule has 1 amide bonds. The summed E-state index contributed by atoms with van der Waals surface area (Å²) in [4.78, 5) is 22.2. The Bertz CT molecular complexity index is 435. The van der Waals surface area contributed by atoms with Crippen LogP contribution in [0.4, 0.5) is 0 Å². The van der Waals surface area contributed by atoms with E-state index in [-0.39, 0.29) is 12.5 Å². The number of methoxy groups -OCH3 is 1. The van der Waals surface area contributed by atoms with E-state index in [9.17, 15) is 9.59 Å². The normalized spacial score (nSPS) is 11.9. The fourth-order valence-corrected chi connectivity index (χ4v) is 1.67. The maximum atomic E-state index is 11.5. The zero-order valence-electron chi connectivity index (χ0n) is 12.1. The van der Waals surface area contributed by atoms with E-state index >= 15 is 0 Å². The SMILES string of the molecule is COC(CNC(=O)CCCOCc1ccccc1)C(=O)O. The van der Waals surface area contributed by atoms with Crippen molar-refractivity contribution in [1.82, 2.24) is 5.32 Å². The summed E-state index contributed by atoms with van der Waals surface area (Å²) in [6.07, 6.45) is -0.128. The number of rotatable bonds is 10. The summed E-state index contributed by atoms with van der Waals surface area (Å²) in [6, 6.07) is 9.78. The number of carbonyl (C=O) groups is 2.